The molecule has 0 aromatic heterocycles. The Kier molecular flexibility index (Phi) is 3.93. The zero-order valence-electron chi connectivity index (χ0n) is 12.6. The Morgan fingerprint density at radius 3 is 2.60 bits per heavy atom. The fourth-order valence-electron chi connectivity index (χ4n) is 4.07. The zero-order valence-corrected chi connectivity index (χ0v) is 12.6. The van der Waals surface area contributed by atoms with Crippen LogP contribution in [-0.2, 0) is 4.79 Å². The maximum Gasteiger partial charge on any atom is 0.137 e. The normalized spacial score (nSPS) is 32.9. The average molecular weight is 271 g/mol. The Morgan fingerprint density at radius 2 is 2.00 bits per heavy atom. The van der Waals surface area contributed by atoms with Crippen molar-refractivity contribution in [2.24, 2.45) is 11.8 Å². The number of aryl methyl sites for hydroxylation is 1. The first kappa shape index (κ1) is 13.8. The van der Waals surface area contributed by atoms with E-state index < -0.39 is 0 Å². The molecule has 2 saturated heterocycles. The quantitative estimate of drug-likeness (QED) is 0.912. The molecule has 2 bridgehead atoms. The maximum absolute atomic E-state index is 12.5. The first-order valence-corrected chi connectivity index (χ1v) is 8.01. The van der Waals surface area contributed by atoms with E-state index in [4.69, 9.17) is 0 Å². The third kappa shape index (κ3) is 2.54. The van der Waals surface area contributed by atoms with Gasteiger partial charge in [0.05, 0.1) is 0 Å². The lowest BCUT2D eigenvalue weighted by molar-refractivity contribution is -0.124. The molecule has 20 heavy (non-hydrogen) atoms. The molecule has 3 aliphatic rings. The van der Waals surface area contributed by atoms with Gasteiger partial charge in [-0.25, -0.2) is 0 Å². The van der Waals surface area contributed by atoms with Gasteiger partial charge < -0.3 is 5.32 Å². The van der Waals surface area contributed by atoms with Crippen LogP contribution in [-0.4, -0.2) is 18.4 Å². The van der Waals surface area contributed by atoms with E-state index in [1.807, 2.05) is 6.92 Å². The van der Waals surface area contributed by atoms with E-state index in [0.717, 1.165) is 12.5 Å². The molecular weight excluding hydrogens is 246 g/mol. The minimum Gasteiger partial charge on any atom is -0.313 e. The number of benzene rings is 1. The summed E-state index contributed by atoms with van der Waals surface area (Å²) < 4.78 is 0. The number of ketones is 1. The second kappa shape index (κ2) is 5.69. The number of Topliss-reactive ketones (excluding diaryl/α,β-unsaturated/α-hetero) is 1. The van der Waals surface area contributed by atoms with Crippen LogP contribution in [0.15, 0.2) is 24.3 Å². The van der Waals surface area contributed by atoms with E-state index in [1.54, 1.807) is 0 Å². The predicted octanol–water partition coefficient (Wildman–Crippen LogP) is 3.45. The van der Waals surface area contributed by atoms with Gasteiger partial charge in [-0.15, -0.1) is 0 Å². The molecule has 2 heterocycles. The molecule has 0 spiro atoms. The lowest BCUT2D eigenvalue weighted by Crippen LogP contribution is -2.43. The molecule has 4 atom stereocenters. The van der Waals surface area contributed by atoms with E-state index in [-0.39, 0.29) is 5.92 Å². The highest BCUT2D eigenvalue weighted by Gasteiger charge is 2.41. The second-order valence-electron chi connectivity index (χ2n) is 6.56. The molecule has 0 unspecified atom stereocenters. The van der Waals surface area contributed by atoms with Crippen LogP contribution in [0.2, 0.25) is 0 Å². The summed E-state index contributed by atoms with van der Waals surface area (Å²) in [4.78, 5) is 12.5. The molecular formula is C18H25NO. The fraction of sp³-hybridized carbons (Fsp3) is 0.611. The van der Waals surface area contributed by atoms with Crippen molar-refractivity contribution in [3.63, 3.8) is 0 Å². The van der Waals surface area contributed by atoms with Gasteiger partial charge in [-0.2, -0.15) is 0 Å². The number of hydrogen-bond acceptors (Lipinski definition) is 2. The topological polar surface area (TPSA) is 29.1 Å². The number of hydrogen-bond donors (Lipinski definition) is 1. The van der Waals surface area contributed by atoms with Crippen molar-refractivity contribution in [1.29, 1.82) is 0 Å². The molecule has 2 aliphatic heterocycles. The first-order chi connectivity index (χ1) is 9.69. The number of fused-ring (bicyclic) bond motifs is 4. The SMILES string of the molecule is CCC(=O)[C@@H]1[C@H]2CC[C@H](CN2)C[C@H]1c1ccc(C)cc1. The van der Waals surface area contributed by atoms with Gasteiger partial charge in [-0.1, -0.05) is 36.8 Å². The highest BCUT2D eigenvalue weighted by Crippen LogP contribution is 2.42. The minimum atomic E-state index is 0.176. The smallest absolute Gasteiger partial charge is 0.137 e. The molecule has 108 valence electrons. The standard InChI is InChI=1S/C18H25NO/c1-3-17(20)18-15(14-7-4-12(2)5-8-14)10-13-6-9-16(18)19-11-13/h4-5,7-8,13,15-16,18-19H,3,6,9-11H2,1-2H3/t13-,15-,16+,18-/m0/s1. The van der Waals surface area contributed by atoms with Crippen LogP contribution in [0.1, 0.15) is 49.7 Å². The van der Waals surface area contributed by atoms with E-state index >= 15 is 0 Å². The summed E-state index contributed by atoms with van der Waals surface area (Å²) in [7, 11) is 0. The Morgan fingerprint density at radius 1 is 1.25 bits per heavy atom. The largest absolute Gasteiger partial charge is 0.313 e. The molecule has 2 nitrogen and oxygen atoms in total. The Labute approximate surface area is 122 Å². The van der Waals surface area contributed by atoms with Crippen LogP contribution in [0.25, 0.3) is 0 Å². The number of carbonyl (C=O) groups excluding carboxylic acids is 1. The summed E-state index contributed by atoms with van der Waals surface area (Å²) in [5.74, 6) is 1.77. The van der Waals surface area contributed by atoms with Crippen molar-refractivity contribution in [2.45, 2.75) is 51.5 Å². The molecule has 1 N–H and O–H groups in total. The van der Waals surface area contributed by atoms with Gasteiger partial charge in [0.25, 0.3) is 0 Å². The summed E-state index contributed by atoms with van der Waals surface area (Å²) >= 11 is 0. The lowest BCUT2D eigenvalue weighted by Gasteiger charge is -2.30. The van der Waals surface area contributed by atoms with Crippen molar-refractivity contribution in [1.82, 2.24) is 5.32 Å². The highest BCUT2D eigenvalue weighted by molar-refractivity contribution is 5.82. The molecule has 2 heteroatoms. The van der Waals surface area contributed by atoms with Gasteiger partial charge >= 0.3 is 0 Å². The summed E-state index contributed by atoms with van der Waals surface area (Å²) in [5.41, 5.74) is 2.66. The van der Waals surface area contributed by atoms with Gasteiger partial charge in [0.2, 0.25) is 0 Å². The Bertz CT molecular complexity index is 471. The van der Waals surface area contributed by atoms with Gasteiger partial charge in [0.1, 0.15) is 5.78 Å². The molecule has 1 aliphatic carbocycles. The Hall–Kier alpha value is -1.15. The van der Waals surface area contributed by atoms with E-state index in [0.29, 0.717) is 24.2 Å². The number of rotatable bonds is 3. The number of carbonyl (C=O) groups is 1. The molecule has 4 rings (SSSR count). The van der Waals surface area contributed by atoms with Crippen LogP contribution >= 0.6 is 0 Å². The van der Waals surface area contributed by atoms with Crippen molar-refractivity contribution in [3.8, 4) is 0 Å². The van der Waals surface area contributed by atoms with Crippen molar-refractivity contribution in [3.05, 3.63) is 35.4 Å². The van der Waals surface area contributed by atoms with E-state index in [1.165, 1.54) is 30.4 Å². The van der Waals surface area contributed by atoms with Crippen LogP contribution in [0.5, 0.6) is 0 Å². The van der Waals surface area contributed by atoms with Gasteiger partial charge in [0, 0.05) is 18.4 Å². The van der Waals surface area contributed by atoms with E-state index in [2.05, 4.69) is 36.5 Å². The molecule has 3 fully saturated rings. The maximum atomic E-state index is 12.5. The third-order valence-corrected chi connectivity index (χ3v) is 5.23. The zero-order chi connectivity index (χ0) is 14.1. The minimum absolute atomic E-state index is 0.176. The summed E-state index contributed by atoms with van der Waals surface area (Å²) in [5, 5.41) is 3.64. The molecule has 0 amide bonds. The van der Waals surface area contributed by atoms with Crippen LogP contribution in [0, 0.1) is 18.8 Å². The first-order valence-electron chi connectivity index (χ1n) is 8.01. The summed E-state index contributed by atoms with van der Waals surface area (Å²) in [6, 6.07) is 9.24. The molecule has 1 aromatic rings. The molecule has 1 saturated carbocycles. The predicted molar refractivity (Wildman–Crippen MR) is 81.8 cm³/mol. The van der Waals surface area contributed by atoms with Crippen LogP contribution < -0.4 is 5.32 Å². The van der Waals surface area contributed by atoms with Crippen molar-refractivity contribution < 1.29 is 4.79 Å². The fourth-order valence-corrected chi connectivity index (χ4v) is 4.07. The van der Waals surface area contributed by atoms with Gasteiger partial charge in [0.15, 0.2) is 0 Å². The Balaban J connectivity index is 1.96. The van der Waals surface area contributed by atoms with Crippen molar-refractivity contribution >= 4 is 5.78 Å². The lowest BCUT2D eigenvalue weighted by atomic mass is 9.77. The van der Waals surface area contributed by atoms with Crippen LogP contribution in [0.3, 0.4) is 0 Å². The average Bonchev–Trinajstić information content (AvgIpc) is 2.77. The molecule has 1 aromatic carbocycles. The highest BCUT2D eigenvalue weighted by atomic mass is 16.1. The van der Waals surface area contributed by atoms with Gasteiger partial charge in [-0.05, 0) is 50.1 Å². The monoisotopic (exact) mass is 271 g/mol. The number of nitrogens with one attached hydrogen (secondary N) is 1. The second-order valence-corrected chi connectivity index (χ2v) is 6.56. The van der Waals surface area contributed by atoms with Crippen molar-refractivity contribution in [2.75, 3.05) is 6.54 Å². The van der Waals surface area contributed by atoms with Crippen LogP contribution in [0.4, 0.5) is 0 Å². The van der Waals surface area contributed by atoms with Gasteiger partial charge in [-0.3, -0.25) is 4.79 Å². The summed E-state index contributed by atoms with van der Waals surface area (Å²) in [6.45, 7) is 5.23. The summed E-state index contributed by atoms with van der Waals surface area (Å²) in [6.07, 6.45) is 4.29. The third-order valence-electron chi connectivity index (χ3n) is 5.23. The van der Waals surface area contributed by atoms with E-state index in [9.17, 15) is 4.79 Å². The number of piperidine rings is 1. The molecule has 0 radical (unpaired) electrons.